The average molecular weight is 419 g/mol. The molecule has 5 fully saturated rings. The zero-order valence-electron chi connectivity index (χ0n) is 17.0. The summed E-state index contributed by atoms with van der Waals surface area (Å²) in [7, 11) is 0. The second-order valence-electron chi connectivity index (χ2n) is 9.78. The highest BCUT2D eigenvalue weighted by molar-refractivity contribution is 8.00. The Morgan fingerprint density at radius 1 is 1.07 bits per heavy atom. The van der Waals surface area contributed by atoms with Gasteiger partial charge in [-0.3, -0.25) is 10.1 Å². The van der Waals surface area contributed by atoms with Gasteiger partial charge in [0.2, 0.25) is 11.8 Å². The van der Waals surface area contributed by atoms with E-state index in [1.807, 2.05) is 0 Å². The summed E-state index contributed by atoms with van der Waals surface area (Å²) < 4.78 is 6.06. The lowest BCUT2D eigenvalue weighted by atomic mass is 9.49. The summed E-state index contributed by atoms with van der Waals surface area (Å²) in [6, 6.07) is -0.223. The van der Waals surface area contributed by atoms with Gasteiger partial charge in [0.1, 0.15) is 0 Å². The van der Waals surface area contributed by atoms with Gasteiger partial charge in [-0.15, -0.1) is 10.2 Å². The van der Waals surface area contributed by atoms with Gasteiger partial charge in [0.05, 0.1) is 5.25 Å². The maximum Gasteiger partial charge on any atom is 0.321 e. The highest BCUT2D eigenvalue weighted by Crippen LogP contribution is 2.60. The molecule has 7 nitrogen and oxygen atoms in total. The Kier molecular flexibility index (Phi) is 5.08. The molecule has 5 aliphatic carbocycles. The van der Waals surface area contributed by atoms with Crippen molar-refractivity contribution in [2.75, 3.05) is 0 Å². The predicted octanol–water partition coefficient (Wildman–Crippen LogP) is 3.79. The van der Waals surface area contributed by atoms with Crippen LogP contribution in [0.2, 0.25) is 0 Å². The number of rotatable bonds is 5. The van der Waals surface area contributed by atoms with Crippen LogP contribution in [0.5, 0.6) is 0 Å². The molecule has 29 heavy (non-hydrogen) atoms. The Hall–Kier alpha value is -1.57. The van der Waals surface area contributed by atoms with Gasteiger partial charge in [-0.25, -0.2) is 4.79 Å². The second kappa shape index (κ2) is 7.60. The Bertz CT molecular complexity index is 753. The van der Waals surface area contributed by atoms with E-state index < -0.39 is 11.3 Å². The van der Waals surface area contributed by atoms with Crippen molar-refractivity contribution in [1.29, 1.82) is 0 Å². The van der Waals surface area contributed by atoms with Crippen LogP contribution in [0, 0.1) is 17.8 Å². The fourth-order valence-corrected chi connectivity index (χ4v) is 7.24. The van der Waals surface area contributed by atoms with Crippen molar-refractivity contribution in [2.45, 2.75) is 93.1 Å². The minimum atomic E-state index is -0.478. The molecule has 6 rings (SSSR count). The summed E-state index contributed by atoms with van der Waals surface area (Å²) in [6.07, 6.45) is 11.9. The lowest BCUT2D eigenvalue weighted by molar-refractivity contribution is -0.119. The van der Waals surface area contributed by atoms with Crippen LogP contribution in [0.3, 0.4) is 0 Å². The minimum absolute atomic E-state index is 0.0627. The summed E-state index contributed by atoms with van der Waals surface area (Å²) in [5.41, 5.74) is 0.0627. The van der Waals surface area contributed by atoms with Gasteiger partial charge in [-0.05, 0) is 76.0 Å². The van der Waals surface area contributed by atoms with E-state index in [1.165, 1.54) is 50.3 Å². The van der Waals surface area contributed by atoms with Gasteiger partial charge in [0.25, 0.3) is 5.22 Å². The van der Waals surface area contributed by atoms with Gasteiger partial charge in [-0.1, -0.05) is 24.6 Å². The Labute approximate surface area is 175 Å². The van der Waals surface area contributed by atoms with Crippen molar-refractivity contribution >= 4 is 23.7 Å². The molecular weight excluding hydrogens is 388 g/mol. The molecule has 1 aromatic rings. The van der Waals surface area contributed by atoms with Gasteiger partial charge < -0.3 is 9.73 Å². The molecule has 1 aromatic heterocycles. The van der Waals surface area contributed by atoms with Gasteiger partial charge in [0.15, 0.2) is 0 Å². The maximum atomic E-state index is 12.4. The van der Waals surface area contributed by atoms with E-state index in [0.29, 0.717) is 5.22 Å². The third-order valence-electron chi connectivity index (χ3n) is 7.47. The maximum absolute atomic E-state index is 12.4. The first-order valence-electron chi connectivity index (χ1n) is 11.1. The molecule has 0 aromatic carbocycles. The first-order valence-corrected chi connectivity index (χ1v) is 12.0. The lowest BCUT2D eigenvalue weighted by Crippen LogP contribution is -2.48. The fraction of sp³-hybridized carbons (Fsp3) is 0.810. The largest absolute Gasteiger partial charge is 0.415 e. The highest BCUT2D eigenvalue weighted by atomic mass is 32.2. The molecule has 0 aliphatic heterocycles. The van der Waals surface area contributed by atoms with Crippen LogP contribution in [-0.2, 0) is 10.2 Å². The van der Waals surface area contributed by atoms with E-state index in [2.05, 4.69) is 20.8 Å². The van der Waals surface area contributed by atoms with E-state index in [9.17, 15) is 9.59 Å². The van der Waals surface area contributed by atoms with E-state index in [4.69, 9.17) is 4.42 Å². The van der Waals surface area contributed by atoms with Crippen LogP contribution in [0.1, 0.15) is 77.0 Å². The van der Waals surface area contributed by atoms with Gasteiger partial charge >= 0.3 is 6.03 Å². The van der Waals surface area contributed by atoms with Crippen LogP contribution < -0.4 is 10.6 Å². The smallest absolute Gasteiger partial charge is 0.321 e. The molecule has 4 bridgehead atoms. The average Bonchev–Trinajstić information content (AvgIpc) is 3.32. The number of aromatic nitrogens is 2. The molecule has 8 heteroatoms. The summed E-state index contributed by atoms with van der Waals surface area (Å²) in [6.45, 7) is 1.76. The minimum Gasteiger partial charge on any atom is -0.415 e. The number of hydrogen-bond acceptors (Lipinski definition) is 6. The van der Waals surface area contributed by atoms with E-state index in [1.54, 1.807) is 6.92 Å². The van der Waals surface area contributed by atoms with Gasteiger partial charge in [-0.2, -0.15) is 0 Å². The quantitative estimate of drug-likeness (QED) is 0.706. The highest BCUT2D eigenvalue weighted by Gasteiger charge is 2.54. The molecule has 0 unspecified atom stereocenters. The third kappa shape index (κ3) is 3.92. The molecule has 1 atom stereocenters. The number of urea groups is 1. The predicted molar refractivity (Wildman–Crippen MR) is 108 cm³/mol. The summed E-state index contributed by atoms with van der Waals surface area (Å²) in [5, 5.41) is 13.9. The van der Waals surface area contributed by atoms with Crippen molar-refractivity contribution in [2.24, 2.45) is 17.8 Å². The van der Waals surface area contributed by atoms with E-state index >= 15 is 0 Å². The number of nitrogens with zero attached hydrogens (tertiary/aromatic N) is 2. The molecule has 0 saturated heterocycles. The number of thioether (sulfide) groups is 1. The monoisotopic (exact) mass is 418 g/mol. The molecule has 0 radical (unpaired) electrons. The molecule has 2 N–H and O–H groups in total. The number of carbonyl (C=O) groups excluding carboxylic acids is 2. The van der Waals surface area contributed by atoms with E-state index in [-0.39, 0.29) is 17.4 Å². The first-order chi connectivity index (χ1) is 14.0. The number of carbonyl (C=O) groups is 2. The zero-order chi connectivity index (χ0) is 20.0. The second-order valence-corrected chi connectivity index (χ2v) is 11.1. The third-order valence-corrected chi connectivity index (χ3v) is 8.41. The zero-order valence-corrected chi connectivity index (χ0v) is 17.8. The number of nitrogens with one attached hydrogen (secondary N) is 2. The number of amides is 3. The molecule has 3 amide bonds. The molecule has 5 saturated carbocycles. The van der Waals surface area contributed by atoms with Crippen molar-refractivity contribution in [3.05, 3.63) is 5.89 Å². The normalized spacial score (nSPS) is 34.3. The van der Waals surface area contributed by atoms with Crippen molar-refractivity contribution < 1.29 is 14.0 Å². The summed E-state index contributed by atoms with van der Waals surface area (Å²) >= 11 is 1.23. The van der Waals surface area contributed by atoms with E-state index in [0.717, 1.165) is 49.3 Å². The summed E-state index contributed by atoms with van der Waals surface area (Å²) in [5.74, 6) is 2.87. The number of hydrogen-bond donors (Lipinski definition) is 2. The van der Waals surface area contributed by atoms with Crippen molar-refractivity contribution in [3.63, 3.8) is 0 Å². The van der Waals surface area contributed by atoms with Crippen LogP contribution >= 0.6 is 11.8 Å². The number of imide groups is 1. The molecule has 0 spiro atoms. The van der Waals surface area contributed by atoms with Crippen LogP contribution in [-0.4, -0.2) is 33.4 Å². The topological polar surface area (TPSA) is 97.1 Å². The Morgan fingerprint density at radius 2 is 1.69 bits per heavy atom. The first kappa shape index (κ1) is 19.4. The van der Waals surface area contributed by atoms with Gasteiger partial charge in [0, 0.05) is 11.5 Å². The lowest BCUT2D eigenvalue weighted by Gasteiger charge is -2.55. The molecule has 5 aliphatic rings. The standard InChI is InChI=1S/C21H30N4O3S/c1-12(17(26)23-19(27)22-16-4-2-3-5-16)29-20-25-24-18(28-20)21-9-13-6-14(10-21)8-15(7-13)11-21/h12-16H,2-11H2,1H3,(H2,22,23,26,27)/t12-,13?,14?,15?,21?/m1/s1. The Morgan fingerprint density at radius 3 is 2.31 bits per heavy atom. The molecule has 158 valence electrons. The molecule has 1 heterocycles. The SMILES string of the molecule is C[C@@H](Sc1nnc(C23CC4CC(CC(C4)C2)C3)o1)C(=O)NC(=O)NC1CCCC1. The fourth-order valence-electron chi connectivity index (χ4n) is 6.55. The van der Waals surface area contributed by atoms with Crippen molar-refractivity contribution in [3.8, 4) is 0 Å². The van der Waals surface area contributed by atoms with Crippen LogP contribution in [0.4, 0.5) is 4.79 Å². The molecular formula is C21H30N4O3S. The van der Waals surface area contributed by atoms with Crippen LogP contribution in [0.15, 0.2) is 9.64 Å². The van der Waals surface area contributed by atoms with Crippen LogP contribution in [0.25, 0.3) is 0 Å². The summed E-state index contributed by atoms with van der Waals surface area (Å²) in [4.78, 5) is 24.4. The Balaban J connectivity index is 1.18. The van der Waals surface area contributed by atoms with Crippen molar-refractivity contribution in [1.82, 2.24) is 20.8 Å².